The zero-order valence-corrected chi connectivity index (χ0v) is 22.3. The smallest absolute Gasteiger partial charge is 0.220 e. The van der Waals surface area contributed by atoms with Gasteiger partial charge in [0.2, 0.25) is 11.9 Å². The molecule has 0 aliphatic carbocycles. The van der Waals surface area contributed by atoms with Gasteiger partial charge in [-0.15, -0.1) is 0 Å². The molecule has 214 valence electrons. The molecule has 3 rings (SSSR count). The Morgan fingerprint density at radius 2 is 1.24 bits per heavy atom. The van der Waals surface area contributed by atoms with Crippen LogP contribution in [0.2, 0.25) is 0 Å². The van der Waals surface area contributed by atoms with E-state index >= 15 is 0 Å². The molecule has 0 atom stereocenters. The van der Waals surface area contributed by atoms with Crippen molar-refractivity contribution in [1.29, 1.82) is 0 Å². The van der Waals surface area contributed by atoms with Crippen LogP contribution in [-0.4, -0.2) is 106 Å². The lowest BCUT2D eigenvalue weighted by Gasteiger charge is -2.17. The molecule has 2 aromatic rings. The molecule has 1 saturated heterocycles. The van der Waals surface area contributed by atoms with Crippen LogP contribution in [0.25, 0.3) is 0 Å². The molecule has 37 heavy (non-hydrogen) atoms. The fraction of sp³-hybridized carbons (Fsp3) is 0.680. The third-order valence-electron chi connectivity index (χ3n) is 5.01. The Labute approximate surface area is 223 Å². The van der Waals surface area contributed by atoms with Crippen LogP contribution in [0.15, 0.2) is 24.8 Å². The monoisotopic (exact) mass is 526 g/mol. The number of hydrogen-bond donors (Lipinski definition) is 4. The highest BCUT2D eigenvalue weighted by Crippen LogP contribution is 2.06. The maximum absolute atomic E-state index is 8.58. The lowest BCUT2D eigenvalue weighted by molar-refractivity contribution is 0.198. The van der Waals surface area contributed by atoms with Gasteiger partial charge in [-0.1, -0.05) is 35.1 Å². The van der Waals surface area contributed by atoms with E-state index in [9.17, 15) is 0 Å². The van der Waals surface area contributed by atoms with Crippen molar-refractivity contribution in [3.8, 4) is 11.5 Å². The summed E-state index contributed by atoms with van der Waals surface area (Å²) in [6.45, 7) is 17.3. The van der Waals surface area contributed by atoms with Gasteiger partial charge in [0.05, 0.1) is 31.4 Å². The van der Waals surface area contributed by atoms with E-state index < -0.39 is 0 Å². The Bertz CT molecular complexity index is 698. The Morgan fingerprint density at radius 1 is 0.811 bits per heavy atom. The van der Waals surface area contributed by atoms with Crippen LogP contribution in [0.4, 0.5) is 11.9 Å². The van der Waals surface area contributed by atoms with Gasteiger partial charge in [0.25, 0.3) is 0 Å². The third kappa shape index (κ3) is 21.0. The second-order valence-corrected chi connectivity index (χ2v) is 7.52. The second-order valence-electron chi connectivity index (χ2n) is 7.52. The molecule has 0 bridgehead atoms. The molecule has 1 aliphatic rings. The molecular formula is C25H50N8O4. The van der Waals surface area contributed by atoms with E-state index in [0.717, 1.165) is 52.5 Å². The summed E-state index contributed by atoms with van der Waals surface area (Å²) in [5.74, 6) is 1.13. The van der Waals surface area contributed by atoms with E-state index in [1.54, 1.807) is 12.4 Å². The van der Waals surface area contributed by atoms with Crippen molar-refractivity contribution in [3.63, 3.8) is 0 Å². The van der Waals surface area contributed by atoms with Gasteiger partial charge in [0.15, 0.2) is 11.5 Å². The Morgan fingerprint density at radius 3 is 1.57 bits per heavy atom. The largest absolute Gasteiger partial charge is 0.505 e. The molecule has 0 unspecified atom stereocenters. The Hall–Kier alpha value is -2.80. The third-order valence-corrected chi connectivity index (χ3v) is 5.01. The number of nitrogens with zero attached hydrogens (tertiary/aromatic N) is 6. The van der Waals surface area contributed by atoms with Crippen molar-refractivity contribution in [2.75, 3.05) is 77.2 Å². The van der Waals surface area contributed by atoms with E-state index in [-0.39, 0.29) is 31.7 Å². The zero-order chi connectivity index (χ0) is 27.0. The summed E-state index contributed by atoms with van der Waals surface area (Å²) < 4.78 is 10.4. The number of likely N-dealkylation sites (N-methyl/N-ethyl adjacent to an activating group) is 2. The van der Waals surface area contributed by atoms with Crippen molar-refractivity contribution >= 4 is 11.9 Å². The molecule has 0 saturated carbocycles. The first-order chi connectivity index (χ1) is 17.4. The summed E-state index contributed by atoms with van der Waals surface area (Å²) in [6, 6.07) is 0. The first-order valence-electron chi connectivity index (χ1n) is 12.5. The van der Waals surface area contributed by atoms with Gasteiger partial charge >= 0.3 is 0 Å². The Balaban J connectivity index is 0. The quantitative estimate of drug-likeness (QED) is 0.357. The number of aromatic hydroxyl groups is 1. The van der Waals surface area contributed by atoms with Crippen molar-refractivity contribution in [3.05, 3.63) is 24.8 Å². The highest BCUT2D eigenvalue weighted by Gasteiger charge is 2.00. The minimum absolute atomic E-state index is 0. The summed E-state index contributed by atoms with van der Waals surface area (Å²) in [4.78, 5) is 19.2. The summed E-state index contributed by atoms with van der Waals surface area (Å²) in [6.07, 6.45) is 8.21. The normalized spacial score (nSPS) is 11.8. The lowest BCUT2D eigenvalue weighted by Crippen LogP contribution is -2.27. The molecule has 0 spiro atoms. The predicted octanol–water partition coefficient (Wildman–Crippen LogP) is 2.30. The van der Waals surface area contributed by atoms with E-state index in [1.807, 2.05) is 0 Å². The number of aliphatic hydroxyl groups excluding tert-OH is 1. The number of rotatable bonds is 10. The molecule has 2 aromatic heterocycles. The molecule has 6 N–H and O–H groups in total. The zero-order valence-electron chi connectivity index (χ0n) is 22.3. The number of aromatic nitrogens is 4. The van der Waals surface area contributed by atoms with Crippen LogP contribution in [0.3, 0.4) is 0 Å². The highest BCUT2D eigenvalue weighted by molar-refractivity contribution is 5.21. The number of nitrogen functional groups attached to an aromatic ring is 2. The van der Waals surface area contributed by atoms with Crippen LogP contribution < -0.4 is 16.2 Å². The van der Waals surface area contributed by atoms with Gasteiger partial charge in [0, 0.05) is 26.3 Å². The van der Waals surface area contributed by atoms with Crippen LogP contribution in [-0.2, 0) is 4.74 Å². The molecule has 1 fully saturated rings. The summed E-state index contributed by atoms with van der Waals surface area (Å²) in [5.41, 5.74) is 10.5. The van der Waals surface area contributed by atoms with Crippen LogP contribution in [0.5, 0.6) is 11.5 Å². The van der Waals surface area contributed by atoms with E-state index in [2.05, 4.69) is 57.4 Å². The number of ether oxygens (including phenoxy) is 2. The fourth-order valence-electron chi connectivity index (χ4n) is 2.76. The maximum atomic E-state index is 8.58. The minimum atomic E-state index is 0. The van der Waals surface area contributed by atoms with Crippen molar-refractivity contribution in [2.45, 2.75) is 48.0 Å². The summed E-state index contributed by atoms with van der Waals surface area (Å²) in [5, 5.41) is 17.0. The molecule has 0 radical (unpaired) electrons. The predicted molar refractivity (Wildman–Crippen MR) is 149 cm³/mol. The molecular weight excluding hydrogens is 476 g/mol. The molecule has 0 aromatic carbocycles. The maximum Gasteiger partial charge on any atom is 0.220 e. The number of anilines is 2. The van der Waals surface area contributed by atoms with Crippen LogP contribution in [0.1, 0.15) is 48.0 Å². The van der Waals surface area contributed by atoms with Gasteiger partial charge in [0.1, 0.15) is 6.61 Å². The SMILES string of the molecule is C.C1CCOC1.CCN(CC)CCO.CCN(CC)CCOc1cnc(N)nc1.Nc1ncc(O)cn1. The minimum Gasteiger partial charge on any atom is -0.505 e. The average molecular weight is 527 g/mol. The molecule has 0 amide bonds. The average Bonchev–Trinajstić information content (AvgIpc) is 3.49. The molecule has 12 nitrogen and oxygen atoms in total. The van der Waals surface area contributed by atoms with Crippen LogP contribution >= 0.6 is 0 Å². The van der Waals surface area contributed by atoms with E-state index in [4.69, 9.17) is 31.2 Å². The molecule has 1 aliphatic heterocycles. The summed E-state index contributed by atoms with van der Waals surface area (Å²) >= 11 is 0. The van der Waals surface area contributed by atoms with Gasteiger partial charge in [-0.3, -0.25) is 0 Å². The second kappa shape index (κ2) is 24.9. The van der Waals surface area contributed by atoms with Gasteiger partial charge in [-0.25, -0.2) is 19.9 Å². The first kappa shape index (κ1) is 36.4. The van der Waals surface area contributed by atoms with E-state index in [1.165, 1.54) is 25.2 Å². The van der Waals surface area contributed by atoms with Crippen molar-refractivity contribution < 1.29 is 19.7 Å². The van der Waals surface area contributed by atoms with Gasteiger partial charge < -0.3 is 41.0 Å². The van der Waals surface area contributed by atoms with Crippen LogP contribution in [0, 0.1) is 0 Å². The van der Waals surface area contributed by atoms with Gasteiger partial charge in [-0.2, -0.15) is 0 Å². The number of hydrogen-bond acceptors (Lipinski definition) is 12. The fourth-order valence-corrected chi connectivity index (χ4v) is 2.76. The Kier molecular flexibility index (Phi) is 24.4. The molecule has 3 heterocycles. The summed E-state index contributed by atoms with van der Waals surface area (Å²) in [7, 11) is 0. The number of nitrogens with two attached hydrogens (primary N) is 2. The van der Waals surface area contributed by atoms with E-state index in [0.29, 0.717) is 12.4 Å². The highest BCUT2D eigenvalue weighted by atomic mass is 16.5. The van der Waals surface area contributed by atoms with Gasteiger partial charge in [-0.05, 0) is 39.0 Å². The van der Waals surface area contributed by atoms with Crippen molar-refractivity contribution in [1.82, 2.24) is 29.7 Å². The molecule has 12 heteroatoms. The number of aliphatic hydroxyl groups is 1. The standard InChI is InChI=1S/C10H18N4O.C6H15NO.C4H5N3O.C4H8O.CH4/c1-3-14(4-2)5-6-15-9-7-12-10(11)13-8-9;1-3-7(4-2)5-6-8;5-4-6-1-3(8)2-7-4;1-2-4-5-3-1;/h7-8H,3-6H2,1-2H3,(H2,11,12,13);8H,3-6H2,1-2H3;1-2,8H,(H2,5,6,7);1-4H2;1H4. The lowest BCUT2D eigenvalue weighted by atomic mass is 10.4. The first-order valence-corrected chi connectivity index (χ1v) is 12.5. The van der Waals surface area contributed by atoms with Crippen molar-refractivity contribution in [2.24, 2.45) is 0 Å². The topological polar surface area (TPSA) is 169 Å².